The summed E-state index contributed by atoms with van der Waals surface area (Å²) in [7, 11) is 1.35. The lowest BCUT2D eigenvalue weighted by Crippen LogP contribution is -2.25. The van der Waals surface area contributed by atoms with Crippen molar-refractivity contribution in [1.82, 2.24) is 4.98 Å². The lowest BCUT2D eigenvalue weighted by molar-refractivity contribution is -0.142. The van der Waals surface area contributed by atoms with Gasteiger partial charge in [0.1, 0.15) is 5.82 Å². The summed E-state index contributed by atoms with van der Waals surface area (Å²) in [5.41, 5.74) is 4.14. The molecule has 30 heavy (non-hydrogen) atoms. The molecule has 0 saturated carbocycles. The van der Waals surface area contributed by atoms with E-state index in [1.807, 2.05) is 60.7 Å². The van der Waals surface area contributed by atoms with Crippen molar-refractivity contribution in [2.24, 2.45) is 4.99 Å². The molecule has 1 unspecified atom stereocenters. The first-order valence-corrected chi connectivity index (χ1v) is 9.67. The molecule has 0 saturated heterocycles. The zero-order valence-corrected chi connectivity index (χ0v) is 16.5. The number of benzene rings is 3. The number of fused-ring (bicyclic) bond motifs is 1. The number of nitrogens with one attached hydrogen (secondary N) is 1. The van der Waals surface area contributed by atoms with E-state index in [-0.39, 0.29) is 5.82 Å². The molecule has 0 bridgehead atoms. The number of aromatic nitrogens is 1. The zero-order chi connectivity index (χ0) is 20.9. The number of carbonyl (C=O) groups excluding carboxylic acids is 1. The molecule has 1 N–H and O–H groups in total. The third-order valence-corrected chi connectivity index (χ3v) is 5.00. The lowest BCUT2D eigenvalue weighted by atomic mass is 10.0. The molecule has 1 heterocycles. The first-order valence-electron chi connectivity index (χ1n) is 9.67. The second kappa shape index (κ2) is 8.74. The van der Waals surface area contributed by atoms with Crippen LogP contribution in [0, 0.1) is 5.82 Å². The van der Waals surface area contributed by atoms with Crippen LogP contribution in [0.5, 0.6) is 0 Å². The van der Waals surface area contributed by atoms with Crippen LogP contribution in [0.15, 0.2) is 90.1 Å². The largest absolute Gasteiger partial charge is 0.467 e. The van der Waals surface area contributed by atoms with Crippen molar-refractivity contribution in [3.63, 3.8) is 0 Å². The summed E-state index contributed by atoms with van der Waals surface area (Å²) in [5.74, 6) is -0.763. The van der Waals surface area contributed by atoms with Crippen LogP contribution in [0.2, 0.25) is 0 Å². The molecule has 0 fully saturated rings. The summed E-state index contributed by atoms with van der Waals surface area (Å²) in [6.45, 7) is 0. The highest BCUT2D eigenvalue weighted by Crippen LogP contribution is 2.23. The van der Waals surface area contributed by atoms with Crippen LogP contribution in [0.4, 0.5) is 4.39 Å². The van der Waals surface area contributed by atoms with Crippen LogP contribution < -0.4 is 0 Å². The van der Waals surface area contributed by atoms with E-state index in [0.29, 0.717) is 12.1 Å². The van der Waals surface area contributed by atoms with Crippen LogP contribution in [0.3, 0.4) is 0 Å². The Labute approximate surface area is 174 Å². The van der Waals surface area contributed by atoms with E-state index in [4.69, 9.17) is 9.73 Å². The highest BCUT2D eigenvalue weighted by Gasteiger charge is 2.22. The van der Waals surface area contributed by atoms with Crippen molar-refractivity contribution in [1.29, 1.82) is 0 Å². The fourth-order valence-corrected chi connectivity index (χ4v) is 3.51. The summed E-state index contributed by atoms with van der Waals surface area (Å²) in [4.78, 5) is 20.6. The lowest BCUT2D eigenvalue weighted by Gasteiger charge is -2.14. The maximum Gasteiger partial charge on any atom is 0.330 e. The molecule has 0 radical (unpaired) electrons. The van der Waals surface area contributed by atoms with Crippen LogP contribution in [0.1, 0.15) is 16.7 Å². The third kappa shape index (κ3) is 4.15. The van der Waals surface area contributed by atoms with E-state index < -0.39 is 12.0 Å². The van der Waals surface area contributed by atoms with Gasteiger partial charge < -0.3 is 9.72 Å². The van der Waals surface area contributed by atoms with Gasteiger partial charge in [-0.3, -0.25) is 4.99 Å². The molecule has 4 rings (SSSR count). The van der Waals surface area contributed by atoms with Gasteiger partial charge in [-0.25, -0.2) is 9.18 Å². The number of methoxy groups -OCH3 is 1. The third-order valence-electron chi connectivity index (χ3n) is 5.00. The van der Waals surface area contributed by atoms with Crippen LogP contribution in [-0.2, 0) is 16.0 Å². The fourth-order valence-electron chi connectivity index (χ4n) is 3.51. The van der Waals surface area contributed by atoms with Gasteiger partial charge in [-0.15, -0.1) is 0 Å². The molecular formula is C25H21FN2O2. The molecule has 3 aromatic carbocycles. The molecule has 0 amide bonds. The van der Waals surface area contributed by atoms with Gasteiger partial charge in [0, 0.05) is 34.6 Å². The van der Waals surface area contributed by atoms with Gasteiger partial charge in [0.15, 0.2) is 6.04 Å². The number of hydrogen-bond acceptors (Lipinski definition) is 3. The highest BCUT2D eigenvalue weighted by atomic mass is 19.1. The van der Waals surface area contributed by atoms with Crippen molar-refractivity contribution in [3.8, 4) is 0 Å². The second-order valence-electron chi connectivity index (χ2n) is 6.96. The van der Waals surface area contributed by atoms with E-state index in [9.17, 15) is 9.18 Å². The number of ether oxygens (including phenoxy) is 1. The Morgan fingerprint density at radius 2 is 1.63 bits per heavy atom. The molecule has 1 atom stereocenters. The Morgan fingerprint density at radius 1 is 1.00 bits per heavy atom. The SMILES string of the molecule is COC(=O)C(Cc1c[nH]c2ccc(F)cc12)N=C(c1ccccc1)c1ccccc1. The number of nitrogens with zero attached hydrogens (tertiary/aromatic N) is 1. The molecule has 4 nitrogen and oxygen atoms in total. The average molecular weight is 400 g/mol. The Kier molecular flexibility index (Phi) is 5.70. The number of carbonyl (C=O) groups is 1. The molecule has 4 aromatic rings. The minimum Gasteiger partial charge on any atom is -0.467 e. The molecule has 0 aliphatic carbocycles. The number of aromatic amines is 1. The number of halogens is 1. The number of aliphatic imine (C=N–C) groups is 1. The second-order valence-corrected chi connectivity index (χ2v) is 6.96. The number of rotatable bonds is 6. The molecule has 0 spiro atoms. The first-order chi connectivity index (χ1) is 14.7. The standard InChI is InChI=1S/C25H21FN2O2/c1-30-25(29)23(14-19-16-27-22-13-12-20(26)15-21(19)22)28-24(17-8-4-2-5-9-17)18-10-6-3-7-11-18/h2-13,15-16,23,27H,14H2,1H3. The van der Waals surface area contributed by atoms with Gasteiger partial charge in [-0.1, -0.05) is 60.7 Å². The summed E-state index contributed by atoms with van der Waals surface area (Å²) >= 11 is 0. The summed E-state index contributed by atoms with van der Waals surface area (Å²) in [6.07, 6.45) is 2.08. The summed E-state index contributed by atoms with van der Waals surface area (Å²) < 4.78 is 18.8. The average Bonchev–Trinajstić information content (AvgIpc) is 3.19. The van der Waals surface area contributed by atoms with Gasteiger partial charge in [0.05, 0.1) is 12.8 Å². The van der Waals surface area contributed by atoms with E-state index >= 15 is 0 Å². The molecular weight excluding hydrogens is 379 g/mol. The Bertz CT molecular complexity index is 1140. The van der Waals surface area contributed by atoms with E-state index in [1.54, 1.807) is 12.3 Å². The first kappa shape index (κ1) is 19.6. The maximum atomic E-state index is 13.8. The van der Waals surface area contributed by atoms with E-state index in [2.05, 4.69) is 4.98 Å². The quantitative estimate of drug-likeness (QED) is 0.369. The molecule has 5 heteroatoms. The molecule has 0 aliphatic heterocycles. The van der Waals surface area contributed by atoms with Gasteiger partial charge in [-0.2, -0.15) is 0 Å². The smallest absolute Gasteiger partial charge is 0.330 e. The monoisotopic (exact) mass is 400 g/mol. The van der Waals surface area contributed by atoms with Crippen molar-refractivity contribution < 1.29 is 13.9 Å². The van der Waals surface area contributed by atoms with Crippen molar-refractivity contribution in [2.45, 2.75) is 12.5 Å². The number of H-pyrrole nitrogens is 1. The Hall–Kier alpha value is -3.73. The normalized spacial score (nSPS) is 11.8. The summed E-state index contributed by atoms with van der Waals surface area (Å²) in [5, 5.41) is 0.736. The zero-order valence-electron chi connectivity index (χ0n) is 16.5. The molecule has 1 aromatic heterocycles. The van der Waals surface area contributed by atoms with Gasteiger partial charge >= 0.3 is 5.97 Å². The van der Waals surface area contributed by atoms with Crippen LogP contribution in [0.25, 0.3) is 10.9 Å². The van der Waals surface area contributed by atoms with Crippen LogP contribution in [-0.4, -0.2) is 29.8 Å². The minimum atomic E-state index is -0.771. The minimum absolute atomic E-state index is 0.291. The van der Waals surface area contributed by atoms with E-state index in [0.717, 1.165) is 27.6 Å². The predicted octanol–water partition coefficient (Wildman–Crippen LogP) is 4.93. The van der Waals surface area contributed by atoms with Crippen molar-refractivity contribution in [3.05, 3.63) is 108 Å². The van der Waals surface area contributed by atoms with Crippen molar-refractivity contribution >= 4 is 22.6 Å². The van der Waals surface area contributed by atoms with Crippen LogP contribution >= 0.6 is 0 Å². The van der Waals surface area contributed by atoms with Gasteiger partial charge in [-0.05, 0) is 23.8 Å². The summed E-state index contributed by atoms with van der Waals surface area (Å²) in [6, 6.07) is 23.2. The number of esters is 1. The number of hydrogen-bond donors (Lipinski definition) is 1. The topological polar surface area (TPSA) is 54.5 Å². The molecule has 150 valence electrons. The molecule has 0 aliphatic rings. The maximum absolute atomic E-state index is 13.8. The van der Waals surface area contributed by atoms with Gasteiger partial charge in [0.25, 0.3) is 0 Å². The predicted molar refractivity (Wildman–Crippen MR) is 116 cm³/mol. The fraction of sp³-hybridized carbons (Fsp3) is 0.120. The van der Waals surface area contributed by atoms with E-state index in [1.165, 1.54) is 19.2 Å². The highest BCUT2D eigenvalue weighted by molar-refractivity contribution is 6.13. The Balaban J connectivity index is 1.79. The van der Waals surface area contributed by atoms with Gasteiger partial charge in [0.2, 0.25) is 0 Å². The van der Waals surface area contributed by atoms with Crippen molar-refractivity contribution in [2.75, 3.05) is 7.11 Å². The Morgan fingerprint density at radius 3 is 2.23 bits per heavy atom.